The first-order valence-electron chi connectivity index (χ1n) is 5.33. The average Bonchev–Trinajstić information content (AvgIpc) is 2.79. The fraction of sp³-hybridized carbons (Fsp3) is 0.636. The highest BCUT2D eigenvalue weighted by atomic mass is 79.9. The summed E-state index contributed by atoms with van der Waals surface area (Å²) in [7, 11) is 0. The average molecular weight is 306 g/mol. The van der Waals surface area contributed by atoms with Crippen molar-refractivity contribution in [2.24, 2.45) is 0 Å². The van der Waals surface area contributed by atoms with E-state index in [1.807, 2.05) is 11.3 Å². The summed E-state index contributed by atoms with van der Waals surface area (Å²) in [6, 6.07) is 2.23. The van der Waals surface area contributed by atoms with Gasteiger partial charge in [-0.15, -0.1) is 11.3 Å². The van der Waals surface area contributed by atoms with Crippen LogP contribution in [0.5, 0.6) is 0 Å². The van der Waals surface area contributed by atoms with E-state index in [1.165, 1.54) is 39.4 Å². The molecule has 1 aromatic rings. The van der Waals surface area contributed by atoms with Crippen molar-refractivity contribution in [3.05, 3.63) is 20.3 Å². The Morgan fingerprint density at radius 2 is 2.47 bits per heavy atom. The van der Waals surface area contributed by atoms with Gasteiger partial charge in [0.2, 0.25) is 0 Å². The lowest BCUT2D eigenvalue weighted by Crippen LogP contribution is -2.22. The van der Waals surface area contributed by atoms with Crippen LogP contribution in [0.15, 0.2) is 10.5 Å². The first-order chi connectivity index (χ1) is 7.25. The lowest BCUT2D eigenvalue weighted by atomic mass is 10.2. The van der Waals surface area contributed by atoms with Crippen molar-refractivity contribution in [1.82, 2.24) is 5.32 Å². The highest BCUT2D eigenvalue weighted by molar-refractivity contribution is 9.10. The summed E-state index contributed by atoms with van der Waals surface area (Å²) in [5.41, 5.74) is 0. The molecule has 1 fully saturated rings. The molecule has 0 aliphatic carbocycles. The lowest BCUT2D eigenvalue weighted by molar-refractivity contribution is 0.650. The number of halogens is 1. The van der Waals surface area contributed by atoms with Crippen molar-refractivity contribution in [1.29, 1.82) is 0 Å². The second-order valence-electron chi connectivity index (χ2n) is 3.88. The van der Waals surface area contributed by atoms with Gasteiger partial charge in [-0.05, 0) is 47.5 Å². The standard InChI is InChI=1S/C11H16BrNS2/c1-8-11(12)5-10(15-8)7-13-6-9-3-2-4-14-9/h5,9,13H,2-4,6-7H2,1H3. The minimum absolute atomic E-state index is 0.856. The molecule has 15 heavy (non-hydrogen) atoms. The van der Waals surface area contributed by atoms with E-state index >= 15 is 0 Å². The van der Waals surface area contributed by atoms with Crippen LogP contribution in [0.25, 0.3) is 0 Å². The van der Waals surface area contributed by atoms with E-state index in [0.717, 1.165) is 11.8 Å². The molecule has 1 unspecified atom stereocenters. The van der Waals surface area contributed by atoms with Crippen LogP contribution in [0, 0.1) is 6.92 Å². The van der Waals surface area contributed by atoms with Crippen molar-refractivity contribution in [3.8, 4) is 0 Å². The highest BCUT2D eigenvalue weighted by Gasteiger charge is 2.14. The summed E-state index contributed by atoms with van der Waals surface area (Å²) in [4.78, 5) is 2.81. The van der Waals surface area contributed by atoms with E-state index in [2.05, 4.69) is 46.0 Å². The van der Waals surface area contributed by atoms with Gasteiger partial charge in [0, 0.05) is 32.6 Å². The first kappa shape index (κ1) is 12.0. The lowest BCUT2D eigenvalue weighted by Gasteiger charge is -2.08. The molecule has 1 N–H and O–H groups in total. The molecule has 0 aromatic carbocycles. The molecular formula is C11H16BrNS2. The van der Waals surface area contributed by atoms with E-state index in [0.29, 0.717) is 0 Å². The van der Waals surface area contributed by atoms with Gasteiger partial charge in [0.1, 0.15) is 0 Å². The number of thiophene rings is 1. The monoisotopic (exact) mass is 305 g/mol. The number of hydrogen-bond acceptors (Lipinski definition) is 3. The quantitative estimate of drug-likeness (QED) is 0.908. The third-order valence-corrected chi connectivity index (χ3v) is 6.14. The van der Waals surface area contributed by atoms with Gasteiger partial charge in [0.05, 0.1) is 0 Å². The van der Waals surface area contributed by atoms with Gasteiger partial charge in [-0.1, -0.05) is 0 Å². The van der Waals surface area contributed by atoms with Gasteiger partial charge in [-0.2, -0.15) is 11.8 Å². The normalized spacial score (nSPS) is 21.1. The number of thioether (sulfide) groups is 1. The summed E-state index contributed by atoms with van der Waals surface area (Å²) in [6.07, 6.45) is 2.80. The first-order valence-corrected chi connectivity index (χ1v) is 7.98. The second kappa shape index (κ2) is 5.71. The molecule has 1 atom stereocenters. The van der Waals surface area contributed by atoms with E-state index in [-0.39, 0.29) is 0 Å². The van der Waals surface area contributed by atoms with E-state index in [1.54, 1.807) is 0 Å². The molecule has 1 saturated heterocycles. The Hall–Kier alpha value is 0.490. The zero-order chi connectivity index (χ0) is 10.7. The zero-order valence-corrected chi connectivity index (χ0v) is 12.1. The van der Waals surface area contributed by atoms with Crippen molar-refractivity contribution < 1.29 is 0 Å². The summed E-state index contributed by atoms with van der Waals surface area (Å²) in [6.45, 7) is 4.35. The molecule has 1 aliphatic rings. The zero-order valence-electron chi connectivity index (χ0n) is 8.88. The van der Waals surface area contributed by atoms with Crippen molar-refractivity contribution in [2.45, 2.75) is 31.6 Å². The predicted molar refractivity (Wildman–Crippen MR) is 73.9 cm³/mol. The summed E-state index contributed by atoms with van der Waals surface area (Å²) in [5, 5.41) is 4.41. The number of aryl methyl sites for hydroxylation is 1. The molecule has 0 radical (unpaired) electrons. The minimum Gasteiger partial charge on any atom is -0.311 e. The van der Waals surface area contributed by atoms with Crippen LogP contribution in [-0.4, -0.2) is 17.5 Å². The Kier molecular flexibility index (Phi) is 4.55. The topological polar surface area (TPSA) is 12.0 Å². The number of nitrogens with one attached hydrogen (secondary N) is 1. The minimum atomic E-state index is 0.856. The Bertz CT molecular complexity index is 299. The summed E-state index contributed by atoms with van der Waals surface area (Å²) in [5.74, 6) is 1.36. The Labute approximate surface area is 108 Å². The van der Waals surface area contributed by atoms with Gasteiger partial charge < -0.3 is 5.32 Å². The molecular weight excluding hydrogens is 290 g/mol. The molecule has 1 aromatic heterocycles. The van der Waals surface area contributed by atoms with Crippen LogP contribution in [-0.2, 0) is 6.54 Å². The van der Waals surface area contributed by atoms with Gasteiger partial charge in [0.15, 0.2) is 0 Å². The summed E-state index contributed by atoms with van der Waals surface area (Å²) >= 11 is 7.55. The molecule has 2 rings (SSSR count). The maximum absolute atomic E-state index is 3.55. The maximum Gasteiger partial charge on any atom is 0.0314 e. The smallest absolute Gasteiger partial charge is 0.0314 e. The van der Waals surface area contributed by atoms with E-state index < -0.39 is 0 Å². The Morgan fingerprint density at radius 1 is 1.60 bits per heavy atom. The van der Waals surface area contributed by atoms with Crippen molar-refractivity contribution >= 4 is 39.0 Å². The second-order valence-corrected chi connectivity index (χ2v) is 7.49. The fourth-order valence-electron chi connectivity index (χ4n) is 1.77. The largest absolute Gasteiger partial charge is 0.311 e. The van der Waals surface area contributed by atoms with Gasteiger partial charge >= 0.3 is 0 Å². The molecule has 2 heterocycles. The van der Waals surface area contributed by atoms with Crippen LogP contribution in [0.1, 0.15) is 22.6 Å². The van der Waals surface area contributed by atoms with Gasteiger partial charge in [-0.3, -0.25) is 0 Å². The Morgan fingerprint density at radius 3 is 3.07 bits per heavy atom. The van der Waals surface area contributed by atoms with Crippen LogP contribution in [0.2, 0.25) is 0 Å². The predicted octanol–water partition coefficient (Wildman–Crippen LogP) is 3.80. The Balaban J connectivity index is 1.73. The molecule has 0 bridgehead atoms. The fourth-order valence-corrected chi connectivity index (χ4v) is 4.57. The van der Waals surface area contributed by atoms with E-state index in [4.69, 9.17) is 0 Å². The highest BCUT2D eigenvalue weighted by Crippen LogP contribution is 2.27. The van der Waals surface area contributed by atoms with Crippen LogP contribution in [0.4, 0.5) is 0 Å². The van der Waals surface area contributed by atoms with Crippen molar-refractivity contribution in [2.75, 3.05) is 12.3 Å². The van der Waals surface area contributed by atoms with Crippen LogP contribution in [0.3, 0.4) is 0 Å². The molecule has 0 saturated carbocycles. The molecule has 1 aliphatic heterocycles. The van der Waals surface area contributed by atoms with Gasteiger partial charge in [0.25, 0.3) is 0 Å². The molecule has 1 nitrogen and oxygen atoms in total. The third-order valence-electron chi connectivity index (χ3n) is 2.60. The molecule has 0 amide bonds. The molecule has 0 spiro atoms. The molecule has 4 heteroatoms. The SMILES string of the molecule is Cc1sc(CNCC2CCCS2)cc1Br. The van der Waals surface area contributed by atoms with Gasteiger partial charge in [-0.25, -0.2) is 0 Å². The number of hydrogen-bond donors (Lipinski definition) is 1. The maximum atomic E-state index is 3.55. The summed E-state index contributed by atoms with van der Waals surface area (Å²) < 4.78 is 1.25. The third kappa shape index (κ3) is 3.48. The van der Waals surface area contributed by atoms with Crippen LogP contribution >= 0.6 is 39.0 Å². The molecule has 84 valence electrons. The van der Waals surface area contributed by atoms with Crippen molar-refractivity contribution in [3.63, 3.8) is 0 Å². The van der Waals surface area contributed by atoms with Crippen LogP contribution < -0.4 is 5.32 Å². The number of rotatable bonds is 4. The van der Waals surface area contributed by atoms with E-state index in [9.17, 15) is 0 Å².